The van der Waals surface area contributed by atoms with Crippen LogP contribution in [0.5, 0.6) is 0 Å². The van der Waals surface area contributed by atoms with E-state index in [1.807, 2.05) is 6.07 Å². The summed E-state index contributed by atoms with van der Waals surface area (Å²) in [6, 6.07) is 10.8. The van der Waals surface area contributed by atoms with Crippen molar-refractivity contribution in [2.75, 3.05) is 11.9 Å². The Morgan fingerprint density at radius 2 is 1.92 bits per heavy atom. The molecule has 6 nitrogen and oxygen atoms in total. The molecule has 0 radical (unpaired) electrons. The van der Waals surface area contributed by atoms with Gasteiger partial charge in [-0.1, -0.05) is 25.0 Å². The van der Waals surface area contributed by atoms with E-state index < -0.39 is 0 Å². The Kier molecular flexibility index (Phi) is 5.84. The summed E-state index contributed by atoms with van der Waals surface area (Å²) in [6.45, 7) is 2.09. The zero-order valence-electron chi connectivity index (χ0n) is 14.8. The molecule has 0 unspecified atom stereocenters. The Bertz CT molecular complexity index is 768. The lowest BCUT2D eigenvalue weighted by Crippen LogP contribution is -2.33. The van der Waals surface area contributed by atoms with Gasteiger partial charge in [0, 0.05) is 6.04 Å². The SMILES string of the molecule is CCOC(=O)c1ccccc1Nc1ccc(C(=O)NC2CCCC2)nc1. The Hall–Kier alpha value is -2.89. The molecule has 6 heteroatoms. The molecule has 0 atom stereocenters. The first-order valence-corrected chi connectivity index (χ1v) is 8.97. The van der Waals surface area contributed by atoms with E-state index in [0.29, 0.717) is 29.2 Å². The minimum Gasteiger partial charge on any atom is -0.462 e. The van der Waals surface area contributed by atoms with Gasteiger partial charge < -0.3 is 15.4 Å². The number of hydrogen-bond acceptors (Lipinski definition) is 5. The third-order valence-electron chi connectivity index (χ3n) is 4.39. The topological polar surface area (TPSA) is 80.3 Å². The summed E-state index contributed by atoms with van der Waals surface area (Å²) in [4.78, 5) is 28.5. The smallest absolute Gasteiger partial charge is 0.340 e. The lowest BCUT2D eigenvalue weighted by Gasteiger charge is -2.13. The van der Waals surface area contributed by atoms with E-state index in [0.717, 1.165) is 12.8 Å². The highest BCUT2D eigenvalue weighted by Crippen LogP contribution is 2.22. The Morgan fingerprint density at radius 1 is 1.15 bits per heavy atom. The highest BCUT2D eigenvalue weighted by Gasteiger charge is 2.18. The summed E-state index contributed by atoms with van der Waals surface area (Å²) in [5.74, 6) is -0.522. The highest BCUT2D eigenvalue weighted by atomic mass is 16.5. The first-order chi connectivity index (χ1) is 12.7. The maximum atomic E-state index is 12.2. The van der Waals surface area contributed by atoms with Gasteiger partial charge in [-0.2, -0.15) is 0 Å². The van der Waals surface area contributed by atoms with E-state index in [2.05, 4.69) is 15.6 Å². The summed E-state index contributed by atoms with van der Waals surface area (Å²) in [6.07, 6.45) is 6.00. The molecule has 0 bridgehead atoms. The number of anilines is 2. The van der Waals surface area contributed by atoms with Crippen LogP contribution in [-0.2, 0) is 4.74 Å². The van der Waals surface area contributed by atoms with Crippen LogP contribution in [0.1, 0.15) is 53.5 Å². The first-order valence-electron chi connectivity index (χ1n) is 8.97. The van der Waals surface area contributed by atoms with Crippen LogP contribution in [0.25, 0.3) is 0 Å². The van der Waals surface area contributed by atoms with Gasteiger partial charge in [0.05, 0.1) is 29.7 Å². The summed E-state index contributed by atoms with van der Waals surface area (Å²) in [5, 5.41) is 6.18. The molecular formula is C20H23N3O3. The number of amides is 1. The van der Waals surface area contributed by atoms with Crippen molar-refractivity contribution in [1.82, 2.24) is 10.3 Å². The maximum absolute atomic E-state index is 12.2. The predicted molar refractivity (Wildman–Crippen MR) is 99.6 cm³/mol. The molecule has 0 aliphatic heterocycles. The minimum atomic E-state index is -0.379. The summed E-state index contributed by atoms with van der Waals surface area (Å²) in [5.41, 5.74) is 2.17. The molecule has 1 aromatic heterocycles. The lowest BCUT2D eigenvalue weighted by molar-refractivity contribution is 0.0527. The highest BCUT2D eigenvalue weighted by molar-refractivity contribution is 5.96. The van der Waals surface area contributed by atoms with Crippen molar-refractivity contribution in [2.45, 2.75) is 38.6 Å². The number of nitrogens with one attached hydrogen (secondary N) is 2. The van der Waals surface area contributed by atoms with Gasteiger partial charge in [0.2, 0.25) is 0 Å². The number of carbonyl (C=O) groups excluding carboxylic acids is 2. The Balaban J connectivity index is 1.68. The largest absolute Gasteiger partial charge is 0.462 e. The molecule has 1 heterocycles. The van der Waals surface area contributed by atoms with Gasteiger partial charge in [-0.3, -0.25) is 4.79 Å². The van der Waals surface area contributed by atoms with Gasteiger partial charge in [0.15, 0.2) is 0 Å². The van der Waals surface area contributed by atoms with Crippen LogP contribution in [0.3, 0.4) is 0 Å². The van der Waals surface area contributed by atoms with E-state index in [4.69, 9.17) is 4.74 Å². The molecular weight excluding hydrogens is 330 g/mol. The van der Waals surface area contributed by atoms with Gasteiger partial charge in [-0.25, -0.2) is 9.78 Å². The Morgan fingerprint density at radius 3 is 2.62 bits per heavy atom. The molecule has 2 N–H and O–H groups in total. The number of hydrogen-bond donors (Lipinski definition) is 2. The number of carbonyl (C=O) groups is 2. The number of nitrogens with zero attached hydrogens (tertiary/aromatic N) is 1. The van der Waals surface area contributed by atoms with E-state index in [-0.39, 0.29) is 17.9 Å². The monoisotopic (exact) mass is 353 g/mol. The average Bonchev–Trinajstić information content (AvgIpc) is 3.16. The molecule has 1 amide bonds. The normalized spacial score (nSPS) is 14.0. The van der Waals surface area contributed by atoms with E-state index in [9.17, 15) is 9.59 Å². The van der Waals surface area contributed by atoms with Crippen LogP contribution in [0.15, 0.2) is 42.6 Å². The van der Waals surface area contributed by atoms with Crippen molar-refractivity contribution < 1.29 is 14.3 Å². The second-order valence-electron chi connectivity index (χ2n) is 6.28. The zero-order chi connectivity index (χ0) is 18.4. The average molecular weight is 353 g/mol. The fourth-order valence-corrected chi connectivity index (χ4v) is 3.07. The van der Waals surface area contributed by atoms with Crippen LogP contribution >= 0.6 is 0 Å². The van der Waals surface area contributed by atoms with E-state index in [1.54, 1.807) is 43.5 Å². The Labute approximate surface area is 153 Å². The van der Waals surface area contributed by atoms with Gasteiger partial charge >= 0.3 is 5.97 Å². The molecule has 26 heavy (non-hydrogen) atoms. The molecule has 3 rings (SSSR count). The van der Waals surface area contributed by atoms with Gasteiger partial charge in [-0.15, -0.1) is 0 Å². The zero-order valence-corrected chi connectivity index (χ0v) is 14.8. The number of ether oxygens (including phenoxy) is 1. The van der Waals surface area contributed by atoms with Crippen molar-refractivity contribution in [3.63, 3.8) is 0 Å². The number of benzene rings is 1. The third kappa shape index (κ3) is 4.39. The molecule has 1 saturated carbocycles. The van der Waals surface area contributed by atoms with E-state index in [1.165, 1.54) is 12.8 Å². The molecule has 1 aliphatic carbocycles. The molecule has 0 spiro atoms. The van der Waals surface area contributed by atoms with Crippen molar-refractivity contribution in [2.24, 2.45) is 0 Å². The lowest BCUT2D eigenvalue weighted by atomic mass is 10.1. The number of para-hydroxylation sites is 1. The number of esters is 1. The second kappa shape index (κ2) is 8.47. The molecule has 0 saturated heterocycles. The molecule has 2 aromatic rings. The van der Waals surface area contributed by atoms with Crippen molar-refractivity contribution in [1.29, 1.82) is 0 Å². The van der Waals surface area contributed by atoms with Crippen molar-refractivity contribution >= 4 is 23.3 Å². The van der Waals surface area contributed by atoms with Gasteiger partial charge in [0.1, 0.15) is 5.69 Å². The quantitative estimate of drug-likeness (QED) is 0.775. The van der Waals surface area contributed by atoms with Gasteiger partial charge in [-0.05, 0) is 44.0 Å². The van der Waals surface area contributed by atoms with Crippen molar-refractivity contribution in [3.05, 3.63) is 53.9 Å². The predicted octanol–water partition coefficient (Wildman–Crippen LogP) is 3.67. The second-order valence-corrected chi connectivity index (χ2v) is 6.28. The van der Waals surface area contributed by atoms with Gasteiger partial charge in [0.25, 0.3) is 5.91 Å². The van der Waals surface area contributed by atoms with Crippen LogP contribution in [0.4, 0.5) is 11.4 Å². The molecule has 1 aromatic carbocycles. The van der Waals surface area contributed by atoms with Crippen molar-refractivity contribution in [3.8, 4) is 0 Å². The molecule has 136 valence electrons. The van der Waals surface area contributed by atoms with Crippen LogP contribution in [0.2, 0.25) is 0 Å². The maximum Gasteiger partial charge on any atom is 0.340 e. The van der Waals surface area contributed by atoms with E-state index >= 15 is 0 Å². The number of pyridine rings is 1. The number of rotatable bonds is 6. The first kappa shape index (κ1) is 17.9. The standard InChI is InChI=1S/C20H23N3O3/c1-2-26-20(25)16-9-5-6-10-17(16)22-15-11-12-18(21-13-15)19(24)23-14-7-3-4-8-14/h5-6,9-14,22H,2-4,7-8H2,1H3,(H,23,24). The number of aromatic nitrogens is 1. The fourth-order valence-electron chi connectivity index (χ4n) is 3.07. The third-order valence-corrected chi connectivity index (χ3v) is 4.39. The fraction of sp³-hybridized carbons (Fsp3) is 0.350. The van der Waals surface area contributed by atoms with Crippen LogP contribution in [0, 0.1) is 0 Å². The van der Waals surface area contributed by atoms with Crippen LogP contribution in [-0.4, -0.2) is 29.5 Å². The summed E-state index contributed by atoms with van der Waals surface area (Å²) < 4.78 is 5.07. The minimum absolute atomic E-state index is 0.143. The van der Waals surface area contributed by atoms with Crippen LogP contribution < -0.4 is 10.6 Å². The summed E-state index contributed by atoms with van der Waals surface area (Å²) >= 11 is 0. The molecule has 1 fully saturated rings. The summed E-state index contributed by atoms with van der Waals surface area (Å²) in [7, 11) is 0. The molecule has 1 aliphatic rings.